The van der Waals surface area contributed by atoms with Gasteiger partial charge >= 0.3 is 6.18 Å². The molecule has 2 amide bonds. The summed E-state index contributed by atoms with van der Waals surface area (Å²) in [5, 5.41) is 9.34. The molecule has 53 heavy (non-hydrogen) atoms. The van der Waals surface area contributed by atoms with Crippen LogP contribution in [0.25, 0.3) is 11.3 Å². The lowest BCUT2D eigenvalue weighted by Crippen LogP contribution is -2.45. The Kier molecular flexibility index (Phi) is 12.3. The van der Waals surface area contributed by atoms with Gasteiger partial charge in [-0.1, -0.05) is 37.3 Å². The highest BCUT2D eigenvalue weighted by molar-refractivity contribution is 6.06. The van der Waals surface area contributed by atoms with Crippen molar-refractivity contribution in [3.8, 4) is 11.3 Å². The fraction of sp³-hybridized carbons (Fsp3) is 0.439. The van der Waals surface area contributed by atoms with Crippen LogP contribution >= 0.6 is 0 Å². The van der Waals surface area contributed by atoms with Gasteiger partial charge in [-0.15, -0.1) is 0 Å². The van der Waals surface area contributed by atoms with E-state index < -0.39 is 23.1 Å². The summed E-state index contributed by atoms with van der Waals surface area (Å²) in [7, 11) is 2.10. The SMILES string of the molecule is CN(CCN1CCNCC1)Cc1cccc(C(=O)Nc2ccc(N3CCCCC3)cc2-c2cc(C(=O)NCC3(C)C=C(C(F)(F)F)C=CC3)ccn2)c1. The minimum Gasteiger partial charge on any atom is -0.372 e. The number of rotatable bonds is 12. The number of hydrogen-bond donors (Lipinski definition) is 3. The van der Waals surface area contributed by atoms with Crippen LogP contribution in [0.2, 0.25) is 0 Å². The van der Waals surface area contributed by atoms with Gasteiger partial charge in [0.1, 0.15) is 0 Å². The van der Waals surface area contributed by atoms with Crippen molar-refractivity contribution >= 4 is 23.2 Å². The number of halogens is 3. The highest BCUT2D eigenvalue weighted by Gasteiger charge is 2.36. The average Bonchev–Trinajstić information content (AvgIpc) is 3.17. The third kappa shape index (κ3) is 10.3. The number of aromatic nitrogens is 1. The van der Waals surface area contributed by atoms with E-state index in [9.17, 15) is 22.8 Å². The number of carbonyl (C=O) groups excluding carboxylic acids is 2. The molecule has 3 aliphatic rings. The highest BCUT2D eigenvalue weighted by Crippen LogP contribution is 2.37. The maximum absolute atomic E-state index is 13.8. The fourth-order valence-electron chi connectivity index (χ4n) is 7.19. The zero-order valence-electron chi connectivity index (χ0n) is 30.6. The van der Waals surface area contributed by atoms with Crippen LogP contribution in [0.1, 0.15) is 58.9 Å². The van der Waals surface area contributed by atoms with E-state index >= 15 is 0 Å². The monoisotopic (exact) mass is 729 g/mol. The van der Waals surface area contributed by atoms with Gasteiger partial charge in [-0.05, 0) is 80.8 Å². The summed E-state index contributed by atoms with van der Waals surface area (Å²) in [6.07, 6.45) is 4.60. The molecule has 1 unspecified atom stereocenters. The van der Waals surface area contributed by atoms with Crippen molar-refractivity contribution in [1.29, 1.82) is 0 Å². The first-order valence-electron chi connectivity index (χ1n) is 18.6. The second kappa shape index (κ2) is 17.1. The smallest absolute Gasteiger partial charge is 0.372 e. The van der Waals surface area contributed by atoms with Gasteiger partial charge in [0.25, 0.3) is 11.8 Å². The number of allylic oxidation sites excluding steroid dienone is 3. The van der Waals surface area contributed by atoms with Crippen LogP contribution in [0.4, 0.5) is 24.5 Å². The molecular formula is C41H50F3N7O2. The molecule has 3 aromatic rings. The van der Waals surface area contributed by atoms with E-state index in [-0.39, 0.29) is 12.5 Å². The molecule has 1 aliphatic carbocycles. The molecule has 1 aromatic heterocycles. The maximum atomic E-state index is 13.8. The van der Waals surface area contributed by atoms with Gasteiger partial charge in [0.2, 0.25) is 0 Å². The third-order valence-corrected chi connectivity index (χ3v) is 10.3. The highest BCUT2D eigenvalue weighted by atomic mass is 19.4. The molecule has 0 saturated carbocycles. The molecule has 12 heteroatoms. The number of alkyl halides is 3. The molecule has 2 saturated heterocycles. The molecule has 1 atom stereocenters. The largest absolute Gasteiger partial charge is 0.416 e. The summed E-state index contributed by atoms with van der Waals surface area (Å²) in [5.41, 5.74) is 3.04. The Bertz CT molecular complexity index is 1810. The molecule has 2 aliphatic heterocycles. The van der Waals surface area contributed by atoms with Gasteiger partial charge in [0, 0.05) is 99.4 Å². The molecule has 6 rings (SSSR count). The lowest BCUT2D eigenvalue weighted by molar-refractivity contribution is -0.0893. The first-order valence-corrected chi connectivity index (χ1v) is 18.6. The van der Waals surface area contributed by atoms with Crippen LogP contribution in [0, 0.1) is 5.41 Å². The number of piperidine rings is 1. The Balaban J connectivity index is 1.19. The first kappa shape index (κ1) is 38.2. The van der Waals surface area contributed by atoms with Crippen molar-refractivity contribution in [3.05, 3.63) is 101 Å². The number of nitrogens with zero attached hydrogens (tertiary/aromatic N) is 4. The molecule has 3 N–H and O–H groups in total. The standard InChI is InChI=1S/C41H50F3N7O2/c1-40(14-7-10-33(27-40)41(42,43)44)29-47-38(52)32-13-15-46-37(25-32)35-26-34(51-18-4-3-5-19-51)11-12-36(35)48-39(53)31-9-6-8-30(24-31)28-49(2)22-23-50-20-16-45-17-21-50/h6-13,15,24-27,45H,3-5,14,16-23,28-29H2,1-2H3,(H,47,52)(H,48,53). The number of carbonyl (C=O) groups is 2. The number of amides is 2. The maximum Gasteiger partial charge on any atom is 0.416 e. The Morgan fingerprint density at radius 1 is 0.962 bits per heavy atom. The number of pyridine rings is 1. The summed E-state index contributed by atoms with van der Waals surface area (Å²) in [5.74, 6) is -0.670. The molecule has 2 aromatic carbocycles. The number of hydrogen-bond acceptors (Lipinski definition) is 7. The van der Waals surface area contributed by atoms with Crippen molar-refractivity contribution in [1.82, 2.24) is 25.4 Å². The second-order valence-corrected chi connectivity index (χ2v) is 14.7. The van der Waals surface area contributed by atoms with Crippen LogP contribution in [0.15, 0.2) is 84.6 Å². The minimum atomic E-state index is -4.46. The van der Waals surface area contributed by atoms with Gasteiger partial charge in [0.15, 0.2) is 0 Å². The number of piperazine rings is 1. The Hall–Kier alpha value is -4.52. The zero-order chi connectivity index (χ0) is 37.4. The van der Waals surface area contributed by atoms with E-state index in [0.717, 1.165) is 89.1 Å². The van der Waals surface area contributed by atoms with E-state index in [4.69, 9.17) is 0 Å². The van der Waals surface area contributed by atoms with Crippen LogP contribution in [-0.4, -0.2) is 98.7 Å². The van der Waals surface area contributed by atoms with E-state index in [1.165, 1.54) is 24.8 Å². The summed E-state index contributed by atoms with van der Waals surface area (Å²) in [4.78, 5) is 38.8. The van der Waals surface area contributed by atoms with E-state index in [2.05, 4.69) is 42.7 Å². The molecule has 9 nitrogen and oxygen atoms in total. The van der Waals surface area contributed by atoms with Crippen LogP contribution < -0.4 is 20.9 Å². The van der Waals surface area contributed by atoms with Crippen LogP contribution in [-0.2, 0) is 6.54 Å². The molecule has 0 spiro atoms. The summed E-state index contributed by atoms with van der Waals surface area (Å²) >= 11 is 0. The topological polar surface area (TPSA) is 92.8 Å². The van der Waals surface area contributed by atoms with E-state index in [1.807, 2.05) is 36.4 Å². The van der Waals surface area contributed by atoms with E-state index in [1.54, 1.807) is 25.1 Å². The van der Waals surface area contributed by atoms with E-state index in [0.29, 0.717) is 34.5 Å². The van der Waals surface area contributed by atoms with Crippen molar-refractivity contribution in [2.24, 2.45) is 5.41 Å². The number of anilines is 2. The third-order valence-electron chi connectivity index (χ3n) is 10.3. The minimum absolute atomic E-state index is 0.0319. The predicted octanol–water partition coefficient (Wildman–Crippen LogP) is 6.51. The molecule has 0 bridgehead atoms. The lowest BCUT2D eigenvalue weighted by Gasteiger charge is -2.29. The quantitative estimate of drug-likeness (QED) is 0.196. The van der Waals surface area contributed by atoms with Gasteiger partial charge in [-0.25, -0.2) is 0 Å². The zero-order valence-corrected chi connectivity index (χ0v) is 30.6. The second-order valence-electron chi connectivity index (χ2n) is 14.7. The number of likely N-dealkylation sites (N-methyl/N-ethyl adjacent to an activating group) is 1. The average molecular weight is 730 g/mol. The Morgan fingerprint density at radius 3 is 2.51 bits per heavy atom. The normalized spacial score (nSPS) is 19.6. The molecule has 2 fully saturated rings. The summed E-state index contributed by atoms with van der Waals surface area (Å²) < 4.78 is 40.2. The molecule has 3 heterocycles. The molecule has 0 radical (unpaired) electrons. The van der Waals surface area contributed by atoms with Crippen LogP contribution in [0.5, 0.6) is 0 Å². The predicted molar refractivity (Wildman–Crippen MR) is 204 cm³/mol. The number of benzene rings is 2. The van der Waals surface area contributed by atoms with Gasteiger partial charge in [0.05, 0.1) is 17.0 Å². The van der Waals surface area contributed by atoms with Gasteiger partial charge < -0.3 is 25.8 Å². The first-order chi connectivity index (χ1) is 25.5. The lowest BCUT2D eigenvalue weighted by atomic mass is 9.81. The van der Waals surface area contributed by atoms with Crippen molar-refractivity contribution in [2.45, 2.75) is 45.3 Å². The van der Waals surface area contributed by atoms with Crippen molar-refractivity contribution in [2.75, 3.05) is 76.2 Å². The Labute approximate surface area is 310 Å². The van der Waals surface area contributed by atoms with Gasteiger partial charge in [-0.2, -0.15) is 13.2 Å². The van der Waals surface area contributed by atoms with Gasteiger partial charge in [-0.3, -0.25) is 19.5 Å². The number of nitrogens with one attached hydrogen (secondary N) is 3. The Morgan fingerprint density at radius 2 is 1.74 bits per heavy atom. The molecule has 282 valence electrons. The summed E-state index contributed by atoms with van der Waals surface area (Å²) in [6, 6.07) is 16.8. The van der Waals surface area contributed by atoms with Crippen LogP contribution in [0.3, 0.4) is 0 Å². The van der Waals surface area contributed by atoms with Crippen molar-refractivity contribution in [3.63, 3.8) is 0 Å². The molecular weight excluding hydrogens is 679 g/mol. The van der Waals surface area contributed by atoms with Crippen molar-refractivity contribution < 1.29 is 22.8 Å². The fourth-order valence-corrected chi connectivity index (χ4v) is 7.19. The summed E-state index contributed by atoms with van der Waals surface area (Å²) in [6.45, 7) is 10.4.